The molecule has 3 aromatic rings. The van der Waals surface area contributed by atoms with Crippen molar-refractivity contribution < 1.29 is 32.7 Å². The second kappa shape index (κ2) is 10.7. The first-order valence-corrected chi connectivity index (χ1v) is 11.9. The second-order valence-electron chi connectivity index (χ2n) is 8.67. The summed E-state index contributed by atoms with van der Waals surface area (Å²) < 4.78 is 34.2. The normalized spacial score (nSPS) is 17.8. The molecule has 0 spiro atoms. The highest BCUT2D eigenvalue weighted by Crippen LogP contribution is 2.41. The molecule has 0 N–H and O–H groups in total. The van der Waals surface area contributed by atoms with E-state index in [2.05, 4.69) is 4.98 Å². The van der Waals surface area contributed by atoms with Gasteiger partial charge in [-0.05, 0) is 38.3 Å². The number of furan rings is 1. The Morgan fingerprint density at radius 1 is 1.31 bits per heavy atom. The average molecular weight is 503 g/mol. The Bertz CT molecular complexity index is 1250. The van der Waals surface area contributed by atoms with Crippen LogP contribution in [0.15, 0.2) is 29.1 Å². The fourth-order valence-corrected chi connectivity index (χ4v) is 4.46. The Hall–Kier alpha value is -3.44. The van der Waals surface area contributed by atoms with Gasteiger partial charge in [-0.1, -0.05) is 6.92 Å². The lowest BCUT2D eigenvalue weighted by Crippen LogP contribution is -2.46. The van der Waals surface area contributed by atoms with Crippen molar-refractivity contribution in [2.24, 2.45) is 7.05 Å². The van der Waals surface area contributed by atoms with Crippen molar-refractivity contribution in [2.75, 3.05) is 32.3 Å². The molecule has 1 aliphatic rings. The Morgan fingerprint density at radius 2 is 2.08 bits per heavy atom. The number of carbonyl (C=O) groups excluding carboxylic acids is 2. The lowest BCUT2D eigenvalue weighted by atomic mass is 9.98. The zero-order valence-corrected chi connectivity index (χ0v) is 21.1. The number of aryl methyl sites for hydroxylation is 1. The van der Waals surface area contributed by atoms with E-state index in [1.54, 1.807) is 30.1 Å². The van der Waals surface area contributed by atoms with Crippen molar-refractivity contribution in [3.63, 3.8) is 0 Å². The maximum atomic E-state index is 15.4. The van der Waals surface area contributed by atoms with E-state index < -0.39 is 17.8 Å². The van der Waals surface area contributed by atoms with Crippen molar-refractivity contribution in [3.05, 3.63) is 36.2 Å². The smallest absolute Gasteiger partial charge is 0.414 e. The number of hydroxylamine groups is 2. The Labute approximate surface area is 208 Å². The number of ether oxygens (including phenoxy) is 2. The molecule has 0 saturated carbocycles. The third-order valence-corrected chi connectivity index (χ3v) is 6.34. The molecular weight excluding hydrogens is 471 g/mol. The number of amides is 2. The molecule has 10 nitrogen and oxygen atoms in total. The molecule has 1 aromatic carbocycles. The Morgan fingerprint density at radius 3 is 2.72 bits per heavy atom. The minimum absolute atomic E-state index is 0.0690. The van der Waals surface area contributed by atoms with Crippen molar-refractivity contribution in [2.45, 2.75) is 45.3 Å². The first kappa shape index (κ1) is 25.6. The van der Waals surface area contributed by atoms with Gasteiger partial charge < -0.3 is 18.5 Å². The lowest BCUT2D eigenvalue weighted by molar-refractivity contribution is -0.0772. The number of nitrogens with zero attached hydrogens (tertiary/aromatic N) is 4. The number of imidazole rings is 1. The highest BCUT2D eigenvalue weighted by atomic mass is 19.1. The Balaban J connectivity index is 1.98. The SMILES string of the molecule is CCOC(=O)N(c1c(C(=O)N(C)OC)oc2c(F)cc(-c3cn(C)cn3)cc12)[C@H]1CCO[C@@H](CC)C1. The molecule has 11 heteroatoms. The van der Waals surface area contributed by atoms with Gasteiger partial charge in [-0.15, -0.1) is 0 Å². The van der Waals surface area contributed by atoms with E-state index in [1.807, 2.05) is 14.0 Å². The summed E-state index contributed by atoms with van der Waals surface area (Å²) in [6, 6.07) is 2.61. The molecule has 0 aliphatic carbocycles. The molecule has 2 aromatic heterocycles. The maximum absolute atomic E-state index is 15.4. The van der Waals surface area contributed by atoms with E-state index in [0.29, 0.717) is 30.7 Å². The third kappa shape index (κ3) is 4.80. The predicted molar refractivity (Wildman–Crippen MR) is 130 cm³/mol. The number of halogens is 1. The number of hydrogen-bond acceptors (Lipinski definition) is 7. The highest BCUT2D eigenvalue weighted by Gasteiger charge is 2.38. The summed E-state index contributed by atoms with van der Waals surface area (Å²) in [5.74, 6) is -1.58. The molecule has 194 valence electrons. The number of anilines is 1. The van der Waals surface area contributed by atoms with Gasteiger partial charge in [-0.2, -0.15) is 0 Å². The predicted octanol–water partition coefficient (Wildman–Crippen LogP) is 4.53. The fraction of sp³-hybridized carbons (Fsp3) is 0.480. The standard InChI is InChI=1S/C25H31FN4O6/c1-6-17-12-16(8-9-35-17)30(25(32)34-7-2)21-18-10-15(20-13-28(3)14-27-20)11-19(26)22(18)36-23(21)24(31)29(4)33-5/h10-11,13-14,16-17H,6-9,12H2,1-5H3/t16-,17-/m0/s1. The third-order valence-electron chi connectivity index (χ3n) is 6.34. The van der Waals surface area contributed by atoms with E-state index in [9.17, 15) is 9.59 Å². The van der Waals surface area contributed by atoms with Gasteiger partial charge in [0.2, 0.25) is 5.76 Å². The molecule has 1 aliphatic heterocycles. The van der Waals surface area contributed by atoms with E-state index in [-0.39, 0.29) is 41.2 Å². The van der Waals surface area contributed by atoms with Crippen molar-refractivity contribution in [3.8, 4) is 11.3 Å². The zero-order chi connectivity index (χ0) is 26.0. The van der Waals surface area contributed by atoms with Crippen LogP contribution in [0, 0.1) is 5.82 Å². The lowest BCUT2D eigenvalue weighted by Gasteiger charge is -2.36. The molecule has 36 heavy (non-hydrogen) atoms. The molecule has 2 amide bonds. The molecular formula is C25H31FN4O6. The largest absolute Gasteiger partial charge is 0.449 e. The summed E-state index contributed by atoms with van der Waals surface area (Å²) in [5, 5.41) is 1.22. The van der Waals surface area contributed by atoms with E-state index in [0.717, 1.165) is 11.5 Å². The minimum atomic E-state index is -0.684. The molecule has 1 fully saturated rings. The van der Waals surface area contributed by atoms with Gasteiger partial charge in [-0.25, -0.2) is 19.2 Å². The monoisotopic (exact) mass is 502 g/mol. The zero-order valence-electron chi connectivity index (χ0n) is 21.1. The topological polar surface area (TPSA) is 99.3 Å². The number of benzene rings is 1. The first-order valence-electron chi connectivity index (χ1n) is 11.9. The van der Waals surface area contributed by atoms with Crippen molar-refractivity contribution in [1.82, 2.24) is 14.6 Å². The van der Waals surface area contributed by atoms with Gasteiger partial charge in [0.25, 0.3) is 0 Å². The first-order chi connectivity index (χ1) is 17.3. The van der Waals surface area contributed by atoms with Crippen LogP contribution in [-0.4, -0.2) is 66.1 Å². The molecule has 0 unspecified atom stereocenters. The molecule has 2 atom stereocenters. The summed E-state index contributed by atoms with van der Waals surface area (Å²) in [4.78, 5) is 37.5. The highest BCUT2D eigenvalue weighted by molar-refractivity contribution is 6.11. The van der Waals surface area contributed by atoms with Crippen LogP contribution in [0.3, 0.4) is 0 Å². The Kier molecular flexibility index (Phi) is 7.60. The van der Waals surface area contributed by atoms with Crippen molar-refractivity contribution in [1.29, 1.82) is 0 Å². The maximum Gasteiger partial charge on any atom is 0.414 e. The second-order valence-corrected chi connectivity index (χ2v) is 8.67. The molecule has 0 bridgehead atoms. The summed E-state index contributed by atoms with van der Waals surface area (Å²) in [6.07, 6.45) is 4.43. The van der Waals surface area contributed by atoms with Crippen LogP contribution >= 0.6 is 0 Å². The minimum Gasteiger partial charge on any atom is -0.449 e. The number of rotatable bonds is 7. The molecule has 4 rings (SSSR count). The number of carbonyl (C=O) groups is 2. The number of fused-ring (bicyclic) bond motifs is 1. The number of hydrogen-bond donors (Lipinski definition) is 0. The van der Waals surface area contributed by atoms with Crippen LogP contribution in [0.5, 0.6) is 0 Å². The van der Waals surface area contributed by atoms with Crippen LogP contribution in [0.25, 0.3) is 22.2 Å². The van der Waals surface area contributed by atoms with Crippen molar-refractivity contribution >= 4 is 28.7 Å². The molecule has 3 heterocycles. The molecule has 1 saturated heterocycles. The average Bonchev–Trinajstić information content (AvgIpc) is 3.48. The van der Waals surface area contributed by atoms with Gasteiger partial charge in [-0.3, -0.25) is 14.5 Å². The van der Waals surface area contributed by atoms with Crippen LogP contribution < -0.4 is 4.90 Å². The van der Waals surface area contributed by atoms with Gasteiger partial charge >= 0.3 is 12.0 Å². The number of aromatic nitrogens is 2. The molecule has 0 radical (unpaired) electrons. The van der Waals surface area contributed by atoms with Crippen LogP contribution in [-0.2, 0) is 21.4 Å². The van der Waals surface area contributed by atoms with Gasteiger partial charge in [0.15, 0.2) is 11.4 Å². The van der Waals surface area contributed by atoms with Gasteiger partial charge in [0, 0.05) is 43.9 Å². The van der Waals surface area contributed by atoms with E-state index in [1.165, 1.54) is 25.1 Å². The van der Waals surface area contributed by atoms with Crippen LogP contribution in [0.2, 0.25) is 0 Å². The fourth-order valence-electron chi connectivity index (χ4n) is 4.46. The van der Waals surface area contributed by atoms with Gasteiger partial charge in [0.1, 0.15) is 5.69 Å². The van der Waals surface area contributed by atoms with E-state index in [4.69, 9.17) is 18.7 Å². The summed E-state index contributed by atoms with van der Waals surface area (Å²) in [5.41, 5.74) is 0.998. The quantitative estimate of drug-likeness (QED) is 0.438. The van der Waals surface area contributed by atoms with Gasteiger partial charge in [0.05, 0.1) is 31.8 Å². The van der Waals surface area contributed by atoms with Crippen LogP contribution in [0.1, 0.15) is 43.7 Å². The summed E-state index contributed by atoms with van der Waals surface area (Å²) in [7, 11) is 4.54. The van der Waals surface area contributed by atoms with Crippen LogP contribution in [0.4, 0.5) is 14.9 Å². The summed E-state index contributed by atoms with van der Waals surface area (Å²) in [6.45, 7) is 4.27. The summed E-state index contributed by atoms with van der Waals surface area (Å²) >= 11 is 0. The van der Waals surface area contributed by atoms with E-state index >= 15 is 4.39 Å².